The van der Waals surface area contributed by atoms with Crippen molar-refractivity contribution in [3.63, 3.8) is 0 Å². The van der Waals surface area contributed by atoms with Crippen LogP contribution in [0.4, 0.5) is 0 Å². The zero-order chi connectivity index (χ0) is 53.8. The van der Waals surface area contributed by atoms with Crippen molar-refractivity contribution in [1.82, 2.24) is 0 Å². The summed E-state index contributed by atoms with van der Waals surface area (Å²) in [6.45, 7) is 1.26. The molecule has 0 fully saturated rings. The van der Waals surface area contributed by atoms with Crippen molar-refractivity contribution >= 4 is 190 Å². The van der Waals surface area contributed by atoms with Crippen molar-refractivity contribution in [2.24, 2.45) is 0 Å². The van der Waals surface area contributed by atoms with Crippen molar-refractivity contribution in [2.75, 3.05) is 61.1 Å². The van der Waals surface area contributed by atoms with Gasteiger partial charge in [0.1, 0.15) is 9.75 Å². The van der Waals surface area contributed by atoms with E-state index in [1.807, 2.05) is 22.9 Å². The topological polar surface area (TPSA) is 301 Å². The number of carboxylic acids is 2. The fraction of sp³-hybridized carbons (Fsp3) is 0.227. The molecule has 0 radical (unpaired) electrons. The van der Waals surface area contributed by atoms with Gasteiger partial charge in [0.15, 0.2) is 45.1 Å². The summed E-state index contributed by atoms with van der Waals surface area (Å²) in [5.41, 5.74) is 0. The summed E-state index contributed by atoms with van der Waals surface area (Å²) in [6.07, 6.45) is 0. The number of aliphatic carboxylic acids is 1. The molecule has 8 heterocycles. The Balaban J connectivity index is 0.000000323. The third-order valence-electron chi connectivity index (χ3n) is 8.25. The minimum Gasteiger partial charge on any atom is -0.870 e. The van der Waals surface area contributed by atoms with Gasteiger partial charge in [-0.25, -0.2) is 33.6 Å². The van der Waals surface area contributed by atoms with Crippen LogP contribution >= 0.6 is 114 Å². The van der Waals surface area contributed by atoms with Gasteiger partial charge in [-0.2, -0.15) is 0 Å². The molecule has 8 rings (SSSR count). The van der Waals surface area contributed by atoms with Crippen molar-refractivity contribution in [3.05, 3.63) is 86.6 Å². The molecule has 4 N–H and O–H groups in total. The summed E-state index contributed by atoms with van der Waals surface area (Å²) in [7, 11) is 6.60. The number of thioether (sulfide) groups is 1. The maximum atomic E-state index is 11.7. The minimum absolute atomic E-state index is 0. The van der Waals surface area contributed by atoms with Crippen molar-refractivity contribution in [3.8, 4) is 17.2 Å². The predicted molar refractivity (Wildman–Crippen MR) is 287 cm³/mol. The molecule has 0 aliphatic carbocycles. The number of carbonyl (C=O) groups is 8. The van der Waals surface area contributed by atoms with Gasteiger partial charge in [-0.15, -0.1) is 102 Å². The molecule has 398 valence electrons. The third kappa shape index (κ3) is 18.5. The second kappa shape index (κ2) is 33.0. The Hall–Kier alpha value is -5.26. The van der Waals surface area contributed by atoms with Crippen LogP contribution in [-0.4, -0.2) is 130 Å². The average Bonchev–Trinajstić information content (AvgIpc) is 4.25. The number of carboxylic acid groups (broad SMARTS) is 2. The van der Waals surface area contributed by atoms with E-state index in [9.17, 15) is 43.5 Å². The SMILES string of the molecule is CCOC(=O)COc1c(C(=O)OC)sc2ccsc12.COC(=O)CSc1ccsc1C(=O)OC.COC(=O)c1sc2ccsc2c1O.COC(=O)c1sccc1Cl.O=C(O)COc1c(C(=O)O)sc2ccsc12.[Li+].[OH-]. The summed E-state index contributed by atoms with van der Waals surface area (Å²) in [6, 6.07) is 9.00. The molecule has 0 saturated carbocycles. The van der Waals surface area contributed by atoms with Gasteiger partial charge < -0.3 is 58.7 Å². The molecule has 8 aromatic heterocycles. The molecule has 0 saturated heterocycles. The van der Waals surface area contributed by atoms with Crippen LogP contribution in [-0.2, 0) is 42.8 Å². The van der Waals surface area contributed by atoms with E-state index in [1.54, 1.807) is 41.3 Å². The number of esters is 6. The molecule has 0 bridgehead atoms. The average molecular weight is 1220 g/mol. The number of methoxy groups -OCH3 is 5. The Bertz CT molecular complexity index is 3170. The van der Waals surface area contributed by atoms with E-state index in [0.717, 1.165) is 39.7 Å². The number of halogens is 1. The minimum atomic E-state index is -1.13. The summed E-state index contributed by atoms with van der Waals surface area (Å²) in [5.74, 6) is -3.92. The summed E-state index contributed by atoms with van der Waals surface area (Å²) in [5, 5.41) is 36.6. The van der Waals surface area contributed by atoms with E-state index >= 15 is 0 Å². The zero-order valence-electron chi connectivity index (χ0n) is 40.0. The van der Waals surface area contributed by atoms with Gasteiger partial charge >= 0.3 is 66.6 Å². The molecule has 0 aliphatic rings. The summed E-state index contributed by atoms with van der Waals surface area (Å²) >= 11 is 17.3. The molecule has 0 aromatic carbocycles. The molecule has 0 aliphatic heterocycles. The number of aromatic hydroxyl groups is 1. The quantitative estimate of drug-likeness (QED) is 0.0378. The first-order valence-electron chi connectivity index (χ1n) is 19.8. The van der Waals surface area contributed by atoms with Gasteiger partial charge in [0.25, 0.3) is 0 Å². The Morgan fingerprint density at radius 2 is 0.987 bits per heavy atom. The first-order valence-corrected chi connectivity index (χ1v) is 28.0. The Labute approximate surface area is 478 Å². The van der Waals surface area contributed by atoms with Gasteiger partial charge in [0, 0.05) is 19.0 Å². The zero-order valence-corrected chi connectivity index (χ0v) is 48.1. The summed E-state index contributed by atoms with van der Waals surface area (Å²) < 4.78 is 43.0. The van der Waals surface area contributed by atoms with Gasteiger partial charge in [-0.05, 0) is 64.2 Å². The summed E-state index contributed by atoms with van der Waals surface area (Å²) in [4.78, 5) is 90.8. The molecule has 75 heavy (non-hydrogen) atoms. The second-order valence-corrected chi connectivity index (χ2v) is 21.9. The van der Waals surface area contributed by atoms with Crippen LogP contribution in [0.15, 0.2) is 62.1 Å². The number of ether oxygens (including phenoxy) is 8. The number of thiophene rings is 8. The monoisotopic (exact) mass is 1220 g/mol. The number of aromatic carboxylic acids is 1. The first kappa shape index (κ1) is 65.8. The number of rotatable bonds is 15. The van der Waals surface area contributed by atoms with Crippen LogP contribution in [0.25, 0.3) is 28.2 Å². The van der Waals surface area contributed by atoms with E-state index < -0.39 is 36.5 Å². The van der Waals surface area contributed by atoms with Crippen LogP contribution in [0, 0.1) is 0 Å². The van der Waals surface area contributed by atoms with Crippen LogP contribution in [0.3, 0.4) is 0 Å². The standard InChI is InChI=1S/C12H12O5S2.C9H6O5S2.C9H10O4S2.C8H6O3S2.C6H5ClO2S.Li.H2O/c1-3-16-8(13)6-17-9-10-7(4-5-18-10)19-11(9)12(14)15-2;10-5(11)3-14-6-7-4(1-2-15-7)16-8(6)9(12)13;1-12-7(10)5-15-6-3-4-14-8(6)9(11)13-2;1-11-8(10)7-5(9)6-4(13-7)2-3-12-6;1-9-6(8)5-4(7)2-3-10-5;;/h4-5H,3,6H2,1-2H3;1-2H,3H2,(H,10,11)(H,12,13);3-4H,5H2,1-2H3;2-3,9H,1H3;2-3H,1H3;;1H2/q;;;;;+1;/p-1. The van der Waals surface area contributed by atoms with E-state index in [1.165, 1.54) is 127 Å². The Morgan fingerprint density at radius 1 is 0.547 bits per heavy atom. The predicted octanol–water partition coefficient (Wildman–Crippen LogP) is 8.09. The van der Waals surface area contributed by atoms with E-state index in [4.69, 9.17) is 40.8 Å². The van der Waals surface area contributed by atoms with Crippen LogP contribution in [0.1, 0.15) is 55.3 Å². The van der Waals surface area contributed by atoms with E-state index in [2.05, 4.69) is 18.9 Å². The van der Waals surface area contributed by atoms with Gasteiger partial charge in [-0.1, -0.05) is 11.6 Å². The first-order chi connectivity index (χ1) is 34.9. The molecule has 0 atom stereocenters. The smallest absolute Gasteiger partial charge is 0.870 e. The molecular formula is C44H40ClLiO20S9. The maximum Gasteiger partial charge on any atom is 1.00 e. The molecule has 31 heteroatoms. The van der Waals surface area contributed by atoms with Gasteiger partial charge in [0.2, 0.25) is 0 Å². The maximum absolute atomic E-state index is 11.7. The number of carbonyl (C=O) groups excluding carboxylic acids is 6. The number of fused-ring (bicyclic) bond motifs is 3. The fourth-order valence-corrected chi connectivity index (χ4v) is 14.4. The molecular weight excluding hydrogens is 1180 g/mol. The largest absolute Gasteiger partial charge is 1.00 e. The normalized spacial score (nSPS) is 9.91. The van der Waals surface area contributed by atoms with Crippen molar-refractivity contribution in [1.29, 1.82) is 0 Å². The molecule has 20 nitrogen and oxygen atoms in total. The molecule has 0 unspecified atom stereocenters. The van der Waals surface area contributed by atoms with E-state index in [-0.39, 0.29) is 75.9 Å². The fourth-order valence-electron chi connectivity index (χ4n) is 5.13. The van der Waals surface area contributed by atoms with Gasteiger partial charge in [0.05, 0.1) is 67.0 Å². The van der Waals surface area contributed by atoms with Crippen LogP contribution < -0.4 is 28.3 Å². The molecule has 0 spiro atoms. The Kier molecular flexibility index (Phi) is 29.0. The van der Waals surface area contributed by atoms with Crippen LogP contribution in [0.5, 0.6) is 17.2 Å². The van der Waals surface area contributed by atoms with Crippen LogP contribution in [0.2, 0.25) is 5.02 Å². The van der Waals surface area contributed by atoms with Gasteiger partial charge in [-0.3, -0.25) is 4.79 Å². The number of hydrogen-bond acceptors (Lipinski definition) is 27. The number of hydrogen-bond donors (Lipinski definition) is 3. The third-order valence-corrected chi connectivity index (χ3v) is 18.1. The van der Waals surface area contributed by atoms with E-state index in [0.29, 0.717) is 36.7 Å². The van der Waals surface area contributed by atoms with Crippen molar-refractivity contribution < 1.29 is 116 Å². The van der Waals surface area contributed by atoms with Crippen molar-refractivity contribution in [2.45, 2.75) is 11.8 Å². The molecule has 0 amide bonds. The molecule has 8 aromatic rings. The second-order valence-electron chi connectivity index (χ2n) is 12.8. The Morgan fingerprint density at radius 3 is 1.48 bits per heavy atom.